The third-order valence-corrected chi connectivity index (χ3v) is 9.06. The maximum absolute atomic E-state index is 13.0. The summed E-state index contributed by atoms with van der Waals surface area (Å²) in [7, 11) is 0. The Morgan fingerprint density at radius 3 is 2.61 bits per heavy atom. The minimum absolute atomic E-state index is 0.00942. The maximum atomic E-state index is 13.0. The van der Waals surface area contributed by atoms with E-state index in [1.807, 2.05) is 13.0 Å². The molecule has 6 heteroatoms. The molecule has 5 rings (SSSR count). The maximum Gasteiger partial charge on any atom is 0.330 e. The van der Waals surface area contributed by atoms with Gasteiger partial charge in [0.25, 0.3) is 0 Å². The van der Waals surface area contributed by atoms with Crippen LogP contribution in [-0.2, 0) is 28.5 Å². The highest BCUT2D eigenvalue weighted by Gasteiger charge is 2.43. The van der Waals surface area contributed by atoms with Crippen LogP contribution in [0.5, 0.6) is 0 Å². The Bertz CT molecular complexity index is 1170. The third-order valence-electron chi connectivity index (χ3n) is 9.06. The summed E-state index contributed by atoms with van der Waals surface area (Å²) in [6.45, 7) is 13.3. The van der Waals surface area contributed by atoms with Crippen LogP contribution in [0, 0.1) is 11.8 Å². The first-order valence-electron chi connectivity index (χ1n) is 15.3. The monoisotopic (exact) mass is 562 g/mol. The van der Waals surface area contributed by atoms with E-state index in [0.717, 1.165) is 48.8 Å². The molecule has 0 aliphatic carbocycles. The summed E-state index contributed by atoms with van der Waals surface area (Å²) >= 11 is 0. The second-order valence-electron chi connectivity index (χ2n) is 12.2. The molecule has 3 fully saturated rings. The second-order valence-corrected chi connectivity index (χ2v) is 12.2. The predicted molar refractivity (Wildman–Crippen MR) is 160 cm³/mol. The molecule has 4 heterocycles. The average Bonchev–Trinajstić information content (AvgIpc) is 2.95. The highest BCUT2D eigenvalue weighted by atomic mass is 16.7. The van der Waals surface area contributed by atoms with Gasteiger partial charge in [0.2, 0.25) is 0 Å². The van der Waals surface area contributed by atoms with Gasteiger partial charge >= 0.3 is 5.97 Å². The lowest BCUT2D eigenvalue weighted by atomic mass is 9.79. The van der Waals surface area contributed by atoms with Crippen LogP contribution in [0.4, 0.5) is 0 Å². The van der Waals surface area contributed by atoms with Crippen LogP contribution in [0.3, 0.4) is 0 Å². The lowest BCUT2D eigenvalue weighted by Crippen LogP contribution is -2.50. The van der Waals surface area contributed by atoms with Crippen LogP contribution in [0.1, 0.15) is 83.6 Å². The number of esters is 1. The van der Waals surface area contributed by atoms with Crippen molar-refractivity contribution in [3.8, 4) is 0 Å². The van der Waals surface area contributed by atoms with Crippen molar-refractivity contribution in [3.63, 3.8) is 0 Å². The first kappa shape index (κ1) is 30.0. The summed E-state index contributed by atoms with van der Waals surface area (Å²) in [5.41, 5.74) is 4.45. The van der Waals surface area contributed by atoms with E-state index in [4.69, 9.17) is 23.7 Å². The minimum atomic E-state index is -0.390. The molecule has 0 saturated carbocycles. The smallest absolute Gasteiger partial charge is 0.330 e. The van der Waals surface area contributed by atoms with Gasteiger partial charge in [-0.1, -0.05) is 68.5 Å². The van der Waals surface area contributed by atoms with E-state index in [2.05, 4.69) is 69.8 Å². The zero-order valence-corrected chi connectivity index (χ0v) is 25.0. The summed E-state index contributed by atoms with van der Waals surface area (Å²) in [4.78, 5) is 13.0. The van der Waals surface area contributed by atoms with Gasteiger partial charge in [0.1, 0.15) is 6.10 Å². The van der Waals surface area contributed by atoms with Crippen LogP contribution >= 0.6 is 0 Å². The Kier molecular flexibility index (Phi) is 9.97. The van der Waals surface area contributed by atoms with Crippen molar-refractivity contribution in [2.24, 2.45) is 11.8 Å². The first-order chi connectivity index (χ1) is 19.8. The molecule has 4 aliphatic rings. The van der Waals surface area contributed by atoms with Crippen molar-refractivity contribution >= 4 is 12.0 Å². The fraction of sp³-hybridized carbons (Fsp3) is 0.571. The molecule has 0 aromatic heterocycles. The van der Waals surface area contributed by atoms with Crippen molar-refractivity contribution in [2.75, 3.05) is 6.61 Å². The van der Waals surface area contributed by atoms with Crippen LogP contribution in [0.15, 0.2) is 66.3 Å². The number of benzene rings is 1. The summed E-state index contributed by atoms with van der Waals surface area (Å²) in [5.74, 6) is -0.223. The van der Waals surface area contributed by atoms with E-state index in [-0.39, 0.29) is 54.4 Å². The average molecular weight is 563 g/mol. The number of rotatable bonds is 1. The number of hydrogen-bond acceptors (Lipinski definition) is 6. The van der Waals surface area contributed by atoms with E-state index in [9.17, 15) is 4.79 Å². The van der Waals surface area contributed by atoms with Crippen molar-refractivity contribution in [3.05, 3.63) is 77.4 Å². The lowest BCUT2D eigenvalue weighted by molar-refractivity contribution is -0.225. The van der Waals surface area contributed by atoms with Crippen molar-refractivity contribution < 1.29 is 28.5 Å². The summed E-state index contributed by atoms with van der Waals surface area (Å²) in [5, 5.41) is 0. The zero-order chi connectivity index (χ0) is 28.9. The number of fused-ring (bicyclic) bond motifs is 9. The Morgan fingerprint density at radius 2 is 1.78 bits per heavy atom. The van der Waals surface area contributed by atoms with Crippen molar-refractivity contribution in [1.82, 2.24) is 0 Å². The molecule has 1 aromatic carbocycles. The molecule has 0 unspecified atom stereocenters. The molecule has 0 radical (unpaired) electrons. The molecular weight excluding hydrogens is 516 g/mol. The first-order valence-corrected chi connectivity index (χ1v) is 15.3. The second kappa shape index (κ2) is 13.6. The van der Waals surface area contributed by atoms with Crippen molar-refractivity contribution in [2.45, 2.75) is 109 Å². The molecule has 6 nitrogen and oxygen atoms in total. The molecule has 222 valence electrons. The molecule has 0 amide bonds. The fourth-order valence-electron chi connectivity index (χ4n) is 6.71. The number of carbonyl (C=O) groups is 1. The topological polar surface area (TPSA) is 63.2 Å². The van der Waals surface area contributed by atoms with Gasteiger partial charge in [-0.25, -0.2) is 4.79 Å². The molecule has 3 saturated heterocycles. The summed E-state index contributed by atoms with van der Waals surface area (Å²) < 4.78 is 31.7. The Labute approximate surface area is 245 Å². The molecule has 0 spiro atoms. The third kappa shape index (κ3) is 7.47. The minimum Gasteiger partial charge on any atom is -0.458 e. The molecule has 4 aliphatic heterocycles. The Balaban J connectivity index is 1.42. The van der Waals surface area contributed by atoms with Gasteiger partial charge in [0.05, 0.1) is 37.1 Å². The molecule has 9 atom stereocenters. The predicted octanol–water partition coefficient (Wildman–Crippen LogP) is 7.27. The number of allylic oxidation sites excluding steroid dienone is 1. The van der Waals surface area contributed by atoms with E-state index < -0.39 is 6.29 Å². The van der Waals surface area contributed by atoms with Crippen LogP contribution < -0.4 is 0 Å². The van der Waals surface area contributed by atoms with E-state index in [0.29, 0.717) is 13.0 Å². The van der Waals surface area contributed by atoms with Gasteiger partial charge in [0, 0.05) is 29.9 Å². The SMILES string of the molecule is C=C1C[C@@H]2C[C@@H]3CCO[C@@H](O3)c3cccc(c3)/C=C/C[C@H]3O[C@@H](/C(C)=C/C)[C@H](C)[C@@H](OC(=O)/C=C\C[C@@H](C1)O2)[C@H]3C. The van der Waals surface area contributed by atoms with Gasteiger partial charge < -0.3 is 23.7 Å². The Hall–Kier alpha value is -2.51. The van der Waals surface area contributed by atoms with Crippen molar-refractivity contribution in [1.29, 1.82) is 0 Å². The summed E-state index contributed by atoms with van der Waals surface area (Å²) in [6.07, 6.45) is 13.7. The number of ether oxygens (including phenoxy) is 5. The van der Waals surface area contributed by atoms with E-state index in [1.54, 1.807) is 6.08 Å². The Morgan fingerprint density at radius 1 is 0.976 bits per heavy atom. The zero-order valence-electron chi connectivity index (χ0n) is 25.0. The summed E-state index contributed by atoms with van der Waals surface area (Å²) in [6, 6.07) is 8.35. The van der Waals surface area contributed by atoms with E-state index in [1.165, 1.54) is 5.57 Å². The lowest BCUT2D eigenvalue weighted by Gasteiger charge is -2.44. The van der Waals surface area contributed by atoms with Crippen LogP contribution in [0.25, 0.3) is 6.08 Å². The van der Waals surface area contributed by atoms with Crippen LogP contribution in [-0.4, -0.2) is 49.2 Å². The van der Waals surface area contributed by atoms with Crippen LogP contribution in [0.2, 0.25) is 0 Å². The highest BCUT2D eigenvalue weighted by molar-refractivity contribution is 5.82. The molecule has 1 aromatic rings. The van der Waals surface area contributed by atoms with Gasteiger partial charge in [-0.05, 0) is 63.2 Å². The van der Waals surface area contributed by atoms with Gasteiger partial charge in [-0.2, -0.15) is 0 Å². The molecule has 8 bridgehead atoms. The molecule has 0 N–H and O–H groups in total. The van der Waals surface area contributed by atoms with Gasteiger partial charge in [-0.3, -0.25) is 0 Å². The number of carbonyl (C=O) groups excluding carboxylic acids is 1. The quantitative estimate of drug-likeness (QED) is 0.265. The number of hydrogen-bond donors (Lipinski definition) is 0. The standard InChI is InChI=1S/C35H46O6/c1-6-23(3)33-25(5)34-24(4)31(40-33)14-8-11-26-10-7-12-27(20-26)35-37-17-16-29(39-35)21-30-19-22(2)18-28(38-30)13-9-15-32(36)41-34/h6-12,15,20,24-25,28-31,33-35H,2,13-14,16-19,21H2,1,3-5H3/b11-8+,15-9-,23-6+/t24-,25-,28-,29-,30+,31+,33-,34-,35-/m0/s1. The molecule has 41 heavy (non-hydrogen) atoms. The fourth-order valence-corrected chi connectivity index (χ4v) is 6.71. The molecular formula is C35H46O6. The highest BCUT2D eigenvalue weighted by Crippen LogP contribution is 2.38. The van der Waals surface area contributed by atoms with Gasteiger partial charge in [0.15, 0.2) is 6.29 Å². The van der Waals surface area contributed by atoms with Gasteiger partial charge in [-0.15, -0.1) is 0 Å². The van der Waals surface area contributed by atoms with E-state index >= 15 is 0 Å². The normalized spacial score (nSPS) is 38.7. The largest absolute Gasteiger partial charge is 0.458 e.